The number of hydroxylamine groups is 2. The van der Waals surface area contributed by atoms with Gasteiger partial charge < -0.3 is 4.74 Å². The van der Waals surface area contributed by atoms with Gasteiger partial charge in [-0.25, -0.2) is 4.79 Å². The summed E-state index contributed by atoms with van der Waals surface area (Å²) in [6.45, 7) is 1.97. The highest BCUT2D eigenvalue weighted by Gasteiger charge is 2.34. The van der Waals surface area contributed by atoms with Gasteiger partial charge in [-0.05, 0) is 12.0 Å². The molecule has 0 N–H and O–H groups in total. The van der Waals surface area contributed by atoms with Gasteiger partial charge >= 0.3 is 6.16 Å². The van der Waals surface area contributed by atoms with Crippen molar-refractivity contribution in [1.29, 1.82) is 0 Å². The summed E-state index contributed by atoms with van der Waals surface area (Å²) >= 11 is 0. The predicted octanol–water partition coefficient (Wildman–Crippen LogP) is 2.75. The van der Waals surface area contributed by atoms with E-state index in [9.17, 15) is 14.4 Å². The summed E-state index contributed by atoms with van der Waals surface area (Å²) in [5.74, 6) is -1.05. The Morgan fingerprint density at radius 2 is 1.81 bits per heavy atom. The Morgan fingerprint density at radius 1 is 1.19 bits per heavy atom. The Balaban J connectivity index is 1.98. The van der Waals surface area contributed by atoms with E-state index in [0.717, 1.165) is 12.0 Å². The van der Waals surface area contributed by atoms with Crippen molar-refractivity contribution in [2.45, 2.75) is 38.7 Å². The van der Waals surface area contributed by atoms with Crippen LogP contribution in [-0.4, -0.2) is 23.0 Å². The van der Waals surface area contributed by atoms with Crippen molar-refractivity contribution in [3.05, 3.63) is 35.9 Å². The maximum Gasteiger partial charge on any atom is 0.534 e. The number of rotatable bonds is 5. The molecule has 0 bridgehead atoms. The first-order valence-corrected chi connectivity index (χ1v) is 6.91. The van der Waals surface area contributed by atoms with E-state index >= 15 is 0 Å². The van der Waals surface area contributed by atoms with Crippen LogP contribution in [-0.2, 0) is 19.2 Å². The van der Waals surface area contributed by atoms with Crippen LogP contribution in [0.25, 0.3) is 0 Å². The molecule has 1 aromatic carbocycles. The Labute approximate surface area is 122 Å². The zero-order valence-electron chi connectivity index (χ0n) is 11.8. The van der Waals surface area contributed by atoms with E-state index in [1.54, 1.807) is 0 Å². The molecule has 2 amide bonds. The van der Waals surface area contributed by atoms with Gasteiger partial charge in [-0.2, -0.15) is 0 Å². The van der Waals surface area contributed by atoms with Crippen LogP contribution in [0.5, 0.6) is 0 Å². The quantitative estimate of drug-likeness (QED) is 0.616. The zero-order valence-corrected chi connectivity index (χ0v) is 11.8. The third kappa shape index (κ3) is 3.81. The number of amides is 2. The van der Waals surface area contributed by atoms with E-state index in [1.807, 2.05) is 37.3 Å². The Bertz CT molecular complexity index is 512. The SMILES string of the molecule is CCC[C@H](OC(=O)ON1C(=O)CCC1=O)c1ccccc1. The summed E-state index contributed by atoms with van der Waals surface area (Å²) in [6.07, 6.45) is 0.0549. The van der Waals surface area contributed by atoms with Crippen molar-refractivity contribution in [2.24, 2.45) is 0 Å². The molecule has 0 aliphatic carbocycles. The average Bonchev–Trinajstić information content (AvgIpc) is 2.79. The molecule has 0 radical (unpaired) electrons. The number of nitrogens with zero attached hydrogens (tertiary/aromatic N) is 1. The maximum absolute atomic E-state index is 11.8. The fourth-order valence-electron chi connectivity index (χ4n) is 2.09. The summed E-state index contributed by atoms with van der Waals surface area (Å²) in [7, 11) is 0. The second-order valence-corrected chi connectivity index (χ2v) is 4.73. The van der Waals surface area contributed by atoms with E-state index < -0.39 is 24.1 Å². The molecule has 1 aromatic rings. The van der Waals surface area contributed by atoms with Crippen molar-refractivity contribution < 1.29 is 24.0 Å². The Kier molecular flexibility index (Phi) is 4.92. The van der Waals surface area contributed by atoms with Crippen molar-refractivity contribution in [1.82, 2.24) is 5.06 Å². The fourth-order valence-corrected chi connectivity index (χ4v) is 2.09. The smallest absolute Gasteiger partial charge is 0.425 e. The minimum Gasteiger partial charge on any atom is -0.425 e. The monoisotopic (exact) mass is 291 g/mol. The van der Waals surface area contributed by atoms with Crippen molar-refractivity contribution in [2.75, 3.05) is 0 Å². The molecule has 6 heteroatoms. The number of ether oxygens (including phenoxy) is 1. The lowest BCUT2D eigenvalue weighted by Crippen LogP contribution is -2.32. The van der Waals surface area contributed by atoms with Crippen LogP contribution in [0.2, 0.25) is 0 Å². The second-order valence-electron chi connectivity index (χ2n) is 4.73. The Morgan fingerprint density at radius 3 is 2.38 bits per heavy atom. The summed E-state index contributed by atoms with van der Waals surface area (Å²) < 4.78 is 5.23. The van der Waals surface area contributed by atoms with Gasteiger partial charge in [0, 0.05) is 12.8 Å². The molecule has 1 saturated heterocycles. The third-order valence-electron chi connectivity index (χ3n) is 3.13. The van der Waals surface area contributed by atoms with Gasteiger partial charge in [0.1, 0.15) is 6.10 Å². The molecule has 1 atom stereocenters. The lowest BCUT2D eigenvalue weighted by atomic mass is 10.1. The molecular formula is C15H17NO5. The number of hydrogen-bond acceptors (Lipinski definition) is 5. The number of carbonyl (C=O) groups is 3. The van der Waals surface area contributed by atoms with Crippen molar-refractivity contribution in [3.8, 4) is 0 Å². The predicted molar refractivity (Wildman–Crippen MR) is 72.7 cm³/mol. The molecule has 1 heterocycles. The standard InChI is InChI=1S/C15H17NO5/c1-2-6-12(11-7-4-3-5-8-11)20-15(19)21-16-13(17)9-10-14(16)18/h3-5,7-8,12H,2,6,9-10H2,1H3/t12-/m0/s1. The minimum atomic E-state index is -1.04. The van der Waals surface area contributed by atoms with Crippen LogP contribution in [0.1, 0.15) is 44.3 Å². The van der Waals surface area contributed by atoms with Gasteiger partial charge in [-0.15, -0.1) is 0 Å². The first-order valence-electron chi connectivity index (χ1n) is 6.91. The van der Waals surface area contributed by atoms with Gasteiger partial charge in [0.15, 0.2) is 0 Å². The molecule has 0 spiro atoms. The first-order chi connectivity index (χ1) is 10.1. The first kappa shape index (κ1) is 15.0. The highest BCUT2D eigenvalue weighted by atomic mass is 16.8. The van der Waals surface area contributed by atoms with E-state index in [2.05, 4.69) is 0 Å². The largest absolute Gasteiger partial charge is 0.534 e. The maximum atomic E-state index is 11.8. The third-order valence-corrected chi connectivity index (χ3v) is 3.13. The van der Waals surface area contributed by atoms with Crippen molar-refractivity contribution >= 4 is 18.0 Å². The van der Waals surface area contributed by atoms with Crippen LogP contribution in [0.3, 0.4) is 0 Å². The molecule has 0 saturated carbocycles. The molecule has 6 nitrogen and oxygen atoms in total. The molecule has 1 aliphatic heterocycles. The molecule has 21 heavy (non-hydrogen) atoms. The minimum absolute atomic E-state index is 0.0587. The fraction of sp³-hybridized carbons (Fsp3) is 0.400. The van der Waals surface area contributed by atoms with E-state index in [4.69, 9.17) is 9.57 Å². The average molecular weight is 291 g/mol. The van der Waals surface area contributed by atoms with E-state index in [1.165, 1.54) is 0 Å². The van der Waals surface area contributed by atoms with Crippen LogP contribution < -0.4 is 0 Å². The van der Waals surface area contributed by atoms with E-state index in [-0.39, 0.29) is 12.8 Å². The lowest BCUT2D eigenvalue weighted by Gasteiger charge is -2.19. The molecule has 1 aliphatic rings. The molecule has 1 fully saturated rings. The normalized spacial score (nSPS) is 16.0. The highest BCUT2D eigenvalue weighted by Crippen LogP contribution is 2.24. The molecule has 0 unspecified atom stereocenters. The Hall–Kier alpha value is -2.37. The van der Waals surface area contributed by atoms with Gasteiger partial charge in [0.05, 0.1) is 0 Å². The van der Waals surface area contributed by atoms with E-state index in [0.29, 0.717) is 11.5 Å². The zero-order chi connectivity index (χ0) is 15.2. The summed E-state index contributed by atoms with van der Waals surface area (Å²) in [6, 6.07) is 9.26. The van der Waals surface area contributed by atoms with Crippen LogP contribution >= 0.6 is 0 Å². The number of imide groups is 1. The van der Waals surface area contributed by atoms with Gasteiger partial charge in [0.2, 0.25) is 0 Å². The number of carbonyl (C=O) groups excluding carboxylic acids is 3. The van der Waals surface area contributed by atoms with Gasteiger partial charge in [-0.3, -0.25) is 14.4 Å². The van der Waals surface area contributed by atoms with Gasteiger partial charge in [0.25, 0.3) is 11.8 Å². The number of hydrogen-bond donors (Lipinski definition) is 0. The molecule has 0 aromatic heterocycles. The molecular weight excluding hydrogens is 274 g/mol. The highest BCUT2D eigenvalue weighted by molar-refractivity contribution is 6.01. The van der Waals surface area contributed by atoms with Crippen LogP contribution in [0, 0.1) is 0 Å². The summed E-state index contributed by atoms with van der Waals surface area (Å²) in [5.41, 5.74) is 0.843. The van der Waals surface area contributed by atoms with Crippen LogP contribution in [0.15, 0.2) is 30.3 Å². The van der Waals surface area contributed by atoms with Crippen molar-refractivity contribution in [3.63, 3.8) is 0 Å². The van der Waals surface area contributed by atoms with Crippen LogP contribution in [0.4, 0.5) is 4.79 Å². The topological polar surface area (TPSA) is 72.9 Å². The molecule has 112 valence electrons. The number of benzene rings is 1. The summed E-state index contributed by atoms with van der Waals surface area (Å²) in [4.78, 5) is 39.2. The summed E-state index contributed by atoms with van der Waals surface area (Å²) in [5, 5.41) is 0.482. The lowest BCUT2D eigenvalue weighted by molar-refractivity contribution is -0.178. The molecule has 2 rings (SSSR count). The second kappa shape index (κ2) is 6.88. The van der Waals surface area contributed by atoms with Gasteiger partial charge in [-0.1, -0.05) is 48.7 Å².